The van der Waals surface area contributed by atoms with Gasteiger partial charge in [-0.3, -0.25) is 19.2 Å². The van der Waals surface area contributed by atoms with Gasteiger partial charge in [-0.15, -0.1) is 10.2 Å². The molecule has 0 aromatic heterocycles. The molecule has 2 aliphatic heterocycles. The first-order valence-corrected chi connectivity index (χ1v) is 10.6. The molecule has 2 atom stereocenters. The predicted molar refractivity (Wildman–Crippen MR) is 115 cm³/mol. The smallest absolute Gasteiger partial charge is 0.307 e. The Kier molecular flexibility index (Phi) is 7.11. The van der Waals surface area contributed by atoms with Gasteiger partial charge in [0.1, 0.15) is 11.1 Å². The molecule has 3 amide bonds. The second-order valence-electron chi connectivity index (χ2n) is 6.40. The Bertz CT molecular complexity index is 931. The number of carbonyl (C=O) groups excluding carboxylic acids is 4. The first-order chi connectivity index (χ1) is 14.3. The SMILES string of the molecule is COC(=O)C[C@@H]1SC(=O)N/C1=N\N=C1\NC(=O)[C@H](CC(=O)Nc2ccc(C)cc2)S1. The normalized spacial score (nSPS) is 23.4. The molecule has 0 bridgehead atoms. The number of rotatable bonds is 6. The second kappa shape index (κ2) is 9.76. The van der Waals surface area contributed by atoms with Crippen LogP contribution >= 0.6 is 23.5 Å². The number of methoxy groups -OCH3 is 1. The van der Waals surface area contributed by atoms with Crippen molar-refractivity contribution in [1.29, 1.82) is 0 Å². The average molecular weight is 450 g/mol. The second-order valence-corrected chi connectivity index (χ2v) is 8.77. The topological polar surface area (TPSA) is 138 Å². The van der Waals surface area contributed by atoms with E-state index in [2.05, 4.69) is 30.9 Å². The van der Waals surface area contributed by atoms with E-state index in [0.29, 0.717) is 5.69 Å². The molecule has 1 aromatic carbocycles. The van der Waals surface area contributed by atoms with E-state index in [1.54, 1.807) is 12.1 Å². The third-order valence-corrected chi connectivity index (χ3v) is 6.16. The highest BCUT2D eigenvalue weighted by atomic mass is 32.2. The van der Waals surface area contributed by atoms with Crippen molar-refractivity contribution < 1.29 is 23.9 Å². The number of amides is 3. The molecule has 0 unspecified atom stereocenters. The molecule has 2 heterocycles. The van der Waals surface area contributed by atoms with Gasteiger partial charge in [0.15, 0.2) is 5.17 Å². The summed E-state index contributed by atoms with van der Waals surface area (Å²) < 4.78 is 4.61. The van der Waals surface area contributed by atoms with Crippen LogP contribution in [0.25, 0.3) is 0 Å². The van der Waals surface area contributed by atoms with Crippen molar-refractivity contribution >= 4 is 63.2 Å². The molecule has 158 valence electrons. The lowest BCUT2D eigenvalue weighted by molar-refractivity contribution is -0.140. The number of carbonyl (C=O) groups is 4. The Morgan fingerprint density at radius 1 is 1.07 bits per heavy atom. The molecular formula is C18H19N5O5S2. The van der Waals surface area contributed by atoms with Crippen LogP contribution in [0.4, 0.5) is 10.5 Å². The van der Waals surface area contributed by atoms with Crippen LogP contribution in [-0.2, 0) is 19.1 Å². The number of nitrogens with zero attached hydrogens (tertiary/aromatic N) is 2. The lowest BCUT2D eigenvalue weighted by atomic mass is 10.2. The number of esters is 1. The van der Waals surface area contributed by atoms with Crippen molar-refractivity contribution in [3.05, 3.63) is 29.8 Å². The molecule has 0 aliphatic carbocycles. The zero-order chi connectivity index (χ0) is 21.7. The van der Waals surface area contributed by atoms with Crippen LogP contribution in [0.1, 0.15) is 18.4 Å². The van der Waals surface area contributed by atoms with Crippen molar-refractivity contribution in [2.45, 2.75) is 30.3 Å². The fraction of sp³-hybridized carbons (Fsp3) is 0.333. The zero-order valence-electron chi connectivity index (χ0n) is 16.1. The quantitative estimate of drug-likeness (QED) is 0.443. The fourth-order valence-electron chi connectivity index (χ4n) is 2.57. The molecule has 3 N–H and O–H groups in total. The van der Waals surface area contributed by atoms with Gasteiger partial charge in [-0.05, 0) is 19.1 Å². The highest BCUT2D eigenvalue weighted by molar-refractivity contribution is 8.15. The van der Waals surface area contributed by atoms with Crippen molar-refractivity contribution in [1.82, 2.24) is 10.6 Å². The van der Waals surface area contributed by atoms with Crippen molar-refractivity contribution in [3.63, 3.8) is 0 Å². The largest absolute Gasteiger partial charge is 0.469 e. The molecule has 2 saturated heterocycles. The summed E-state index contributed by atoms with van der Waals surface area (Å²) in [5.41, 5.74) is 1.73. The number of ether oxygens (including phenoxy) is 1. The number of thioether (sulfide) groups is 2. The van der Waals surface area contributed by atoms with Gasteiger partial charge in [0.25, 0.3) is 5.24 Å². The molecule has 10 nitrogen and oxygen atoms in total. The van der Waals surface area contributed by atoms with E-state index in [1.165, 1.54) is 7.11 Å². The van der Waals surface area contributed by atoms with E-state index in [1.807, 2.05) is 19.1 Å². The minimum atomic E-state index is -0.646. The van der Waals surface area contributed by atoms with Gasteiger partial charge in [0.2, 0.25) is 11.8 Å². The highest BCUT2D eigenvalue weighted by Gasteiger charge is 2.34. The van der Waals surface area contributed by atoms with Crippen LogP contribution in [0.15, 0.2) is 34.5 Å². The van der Waals surface area contributed by atoms with E-state index in [-0.39, 0.29) is 40.9 Å². The van der Waals surface area contributed by atoms with Crippen LogP contribution in [0.2, 0.25) is 0 Å². The summed E-state index contributed by atoms with van der Waals surface area (Å²) in [7, 11) is 1.26. The van der Waals surface area contributed by atoms with Gasteiger partial charge < -0.3 is 20.7 Å². The standard InChI is InChI=1S/C18H19N5O5S2/c1-9-3-5-10(6-4-9)19-13(24)7-12-16(26)21-17(29-12)23-22-15-11(8-14(25)28-2)30-18(27)20-15/h3-6,11-12H,7-8H2,1-2H3,(H,19,24)(H,20,22,27)(H,21,23,26)/t11-,12-/m0/s1. The van der Waals surface area contributed by atoms with E-state index in [4.69, 9.17) is 0 Å². The average Bonchev–Trinajstić information content (AvgIpc) is 3.23. The van der Waals surface area contributed by atoms with Gasteiger partial charge in [-0.2, -0.15) is 0 Å². The first kappa shape index (κ1) is 21.8. The summed E-state index contributed by atoms with van der Waals surface area (Å²) in [6, 6.07) is 7.34. The van der Waals surface area contributed by atoms with Crippen LogP contribution < -0.4 is 16.0 Å². The summed E-state index contributed by atoms with van der Waals surface area (Å²) in [5.74, 6) is -0.920. The van der Waals surface area contributed by atoms with Gasteiger partial charge in [-0.25, -0.2) is 0 Å². The van der Waals surface area contributed by atoms with Crippen LogP contribution in [0, 0.1) is 6.92 Å². The summed E-state index contributed by atoms with van der Waals surface area (Å²) in [5, 5.41) is 14.4. The molecule has 0 saturated carbocycles. The molecule has 0 radical (unpaired) electrons. The van der Waals surface area contributed by atoms with Crippen molar-refractivity contribution in [2.75, 3.05) is 12.4 Å². The lowest BCUT2D eigenvalue weighted by Crippen LogP contribution is -2.28. The Morgan fingerprint density at radius 3 is 2.50 bits per heavy atom. The maximum absolute atomic E-state index is 12.2. The summed E-state index contributed by atoms with van der Waals surface area (Å²) >= 11 is 1.99. The van der Waals surface area contributed by atoms with Gasteiger partial charge in [-0.1, -0.05) is 41.2 Å². The summed E-state index contributed by atoms with van der Waals surface area (Å²) in [6.45, 7) is 1.95. The molecule has 3 rings (SSSR count). The Hall–Kier alpha value is -2.86. The maximum Gasteiger partial charge on any atom is 0.307 e. The van der Waals surface area contributed by atoms with E-state index in [0.717, 1.165) is 29.1 Å². The molecule has 0 spiro atoms. The lowest BCUT2D eigenvalue weighted by Gasteiger charge is -2.07. The molecule has 30 heavy (non-hydrogen) atoms. The van der Waals surface area contributed by atoms with Gasteiger partial charge >= 0.3 is 5.97 Å². The fourth-order valence-corrected chi connectivity index (χ4v) is 4.34. The van der Waals surface area contributed by atoms with Crippen LogP contribution in [-0.4, -0.2) is 51.6 Å². The molecule has 2 fully saturated rings. The third kappa shape index (κ3) is 5.83. The minimum Gasteiger partial charge on any atom is -0.469 e. The minimum absolute atomic E-state index is 0.0302. The number of amidine groups is 2. The Balaban J connectivity index is 1.58. The number of aryl methyl sites for hydroxylation is 1. The zero-order valence-corrected chi connectivity index (χ0v) is 17.8. The van der Waals surface area contributed by atoms with Crippen LogP contribution in [0.3, 0.4) is 0 Å². The van der Waals surface area contributed by atoms with Crippen molar-refractivity contribution in [2.24, 2.45) is 10.2 Å². The van der Waals surface area contributed by atoms with Crippen molar-refractivity contribution in [3.8, 4) is 0 Å². The third-order valence-electron chi connectivity index (χ3n) is 4.10. The monoisotopic (exact) mass is 449 g/mol. The number of anilines is 1. The first-order valence-electron chi connectivity index (χ1n) is 8.88. The summed E-state index contributed by atoms with van der Waals surface area (Å²) in [4.78, 5) is 47.4. The number of nitrogens with one attached hydrogen (secondary N) is 3. The number of hydrogen-bond donors (Lipinski definition) is 3. The molecule has 1 aromatic rings. The number of hydrogen-bond acceptors (Lipinski definition) is 9. The molecular weight excluding hydrogens is 430 g/mol. The number of benzene rings is 1. The summed E-state index contributed by atoms with van der Waals surface area (Å²) in [6.07, 6.45) is -0.0670. The van der Waals surface area contributed by atoms with Gasteiger partial charge in [0, 0.05) is 12.1 Å². The Morgan fingerprint density at radius 2 is 1.80 bits per heavy atom. The van der Waals surface area contributed by atoms with E-state index < -0.39 is 16.5 Å². The molecule has 12 heteroatoms. The predicted octanol–water partition coefficient (Wildman–Crippen LogP) is 1.61. The Labute approximate surface area is 180 Å². The highest BCUT2D eigenvalue weighted by Crippen LogP contribution is 2.25. The van der Waals surface area contributed by atoms with E-state index in [9.17, 15) is 19.2 Å². The maximum atomic E-state index is 12.2. The molecule has 2 aliphatic rings. The van der Waals surface area contributed by atoms with Gasteiger partial charge in [0.05, 0.1) is 18.8 Å². The van der Waals surface area contributed by atoms with E-state index >= 15 is 0 Å². The van der Waals surface area contributed by atoms with Crippen LogP contribution in [0.5, 0.6) is 0 Å².